The third-order valence-corrected chi connectivity index (χ3v) is 4.09. The maximum Gasteiger partial charge on any atom is 0.315 e. The van der Waals surface area contributed by atoms with Gasteiger partial charge in [0.2, 0.25) is 5.91 Å². The normalized spacial score (nSPS) is 15.8. The number of fused-ring (bicyclic) bond motifs is 1. The number of carbonyl (C=O) groups excluding carboxylic acids is 1. The van der Waals surface area contributed by atoms with Crippen molar-refractivity contribution in [3.8, 4) is 0 Å². The molecule has 0 bridgehead atoms. The zero-order valence-corrected chi connectivity index (χ0v) is 11.9. The Labute approximate surface area is 118 Å². The minimum atomic E-state index is -1.16. The van der Waals surface area contributed by atoms with Gasteiger partial charge in [-0.05, 0) is 31.0 Å². The summed E-state index contributed by atoms with van der Waals surface area (Å²) in [6, 6.07) is 2.99. The van der Waals surface area contributed by atoms with E-state index in [9.17, 15) is 14.0 Å². The van der Waals surface area contributed by atoms with E-state index in [0.717, 1.165) is 10.0 Å². The minimum absolute atomic E-state index is 0.122. The van der Waals surface area contributed by atoms with Gasteiger partial charge in [0.25, 0.3) is 0 Å². The van der Waals surface area contributed by atoms with Gasteiger partial charge in [-0.15, -0.1) is 0 Å². The van der Waals surface area contributed by atoms with Crippen LogP contribution in [0.2, 0.25) is 0 Å². The van der Waals surface area contributed by atoms with E-state index >= 15 is 0 Å². The van der Waals surface area contributed by atoms with Crippen molar-refractivity contribution < 1.29 is 19.1 Å². The molecule has 4 nitrogen and oxygen atoms in total. The highest BCUT2D eigenvalue weighted by atomic mass is 79.9. The Hall–Kier alpha value is -1.43. The highest BCUT2D eigenvalue weighted by Gasteiger charge is 2.30. The Morgan fingerprint density at radius 3 is 2.74 bits per heavy atom. The van der Waals surface area contributed by atoms with Crippen LogP contribution in [0.25, 0.3) is 0 Å². The Bertz CT molecular complexity index is 547. The van der Waals surface area contributed by atoms with Gasteiger partial charge in [0.15, 0.2) is 0 Å². The molecule has 1 unspecified atom stereocenters. The van der Waals surface area contributed by atoms with Crippen LogP contribution in [0.4, 0.5) is 4.39 Å². The van der Waals surface area contributed by atoms with Gasteiger partial charge in [-0.1, -0.05) is 15.9 Å². The summed E-state index contributed by atoms with van der Waals surface area (Å²) in [7, 11) is 0. The average Bonchev–Trinajstić information content (AvgIpc) is 2.41. The molecular weight excluding hydrogens is 317 g/mol. The van der Waals surface area contributed by atoms with E-state index in [2.05, 4.69) is 15.9 Å². The zero-order chi connectivity index (χ0) is 14.2. The van der Waals surface area contributed by atoms with Crippen LogP contribution in [-0.2, 0) is 22.6 Å². The molecule has 1 heterocycles. The van der Waals surface area contributed by atoms with Crippen molar-refractivity contribution in [2.75, 3.05) is 6.54 Å². The molecule has 0 spiro atoms. The van der Waals surface area contributed by atoms with E-state index in [0.29, 0.717) is 18.5 Å². The van der Waals surface area contributed by atoms with Crippen molar-refractivity contribution in [1.82, 2.24) is 4.90 Å². The Balaban J connectivity index is 2.25. The lowest BCUT2D eigenvalue weighted by molar-refractivity contribution is -0.150. The first-order valence-corrected chi connectivity index (χ1v) is 6.68. The van der Waals surface area contributed by atoms with Crippen LogP contribution in [0, 0.1) is 11.7 Å². The number of amides is 1. The Morgan fingerprint density at radius 2 is 2.11 bits per heavy atom. The standard InChI is InChI=1S/C13H13BrFNO3/c1-7(13(18)19)12(17)16-5-4-8-9(6-16)11(15)3-2-10(8)14/h2-3,7H,4-6H2,1H3,(H,18,19). The second-order valence-corrected chi connectivity index (χ2v) is 5.41. The molecule has 0 aromatic heterocycles. The molecule has 1 aliphatic heterocycles. The number of carboxylic acid groups (broad SMARTS) is 1. The predicted molar refractivity (Wildman–Crippen MR) is 70.0 cm³/mol. The molecule has 1 atom stereocenters. The summed E-state index contributed by atoms with van der Waals surface area (Å²) >= 11 is 3.36. The summed E-state index contributed by atoms with van der Waals surface area (Å²) in [5, 5.41) is 8.85. The number of aliphatic carboxylic acids is 1. The number of nitrogens with zero attached hydrogens (tertiary/aromatic N) is 1. The molecule has 102 valence electrons. The molecule has 1 amide bonds. The second-order valence-electron chi connectivity index (χ2n) is 4.56. The monoisotopic (exact) mass is 329 g/mol. The number of rotatable bonds is 2. The lowest BCUT2D eigenvalue weighted by Crippen LogP contribution is -2.41. The van der Waals surface area contributed by atoms with Crippen LogP contribution in [0.5, 0.6) is 0 Å². The second kappa shape index (κ2) is 5.28. The molecule has 0 saturated heterocycles. The molecule has 0 aliphatic carbocycles. The van der Waals surface area contributed by atoms with E-state index in [1.54, 1.807) is 6.07 Å². The van der Waals surface area contributed by atoms with Crippen molar-refractivity contribution in [2.24, 2.45) is 5.92 Å². The van der Waals surface area contributed by atoms with Gasteiger partial charge >= 0.3 is 5.97 Å². The van der Waals surface area contributed by atoms with Crippen LogP contribution >= 0.6 is 15.9 Å². The number of halogens is 2. The number of hydrogen-bond acceptors (Lipinski definition) is 2. The molecule has 6 heteroatoms. The highest BCUT2D eigenvalue weighted by molar-refractivity contribution is 9.10. The van der Waals surface area contributed by atoms with Gasteiger partial charge in [0.05, 0.1) is 0 Å². The van der Waals surface area contributed by atoms with Crippen molar-refractivity contribution in [2.45, 2.75) is 19.9 Å². The molecule has 1 aromatic carbocycles. The molecule has 0 fully saturated rings. The zero-order valence-electron chi connectivity index (χ0n) is 10.3. The Morgan fingerprint density at radius 1 is 1.42 bits per heavy atom. The van der Waals surface area contributed by atoms with Crippen molar-refractivity contribution in [1.29, 1.82) is 0 Å². The molecule has 2 rings (SSSR count). The Kier molecular flexibility index (Phi) is 3.89. The molecular formula is C13H13BrFNO3. The van der Waals surface area contributed by atoms with Gasteiger partial charge in [0.1, 0.15) is 11.7 Å². The quantitative estimate of drug-likeness (QED) is 0.846. The summed E-state index contributed by atoms with van der Waals surface area (Å²) in [6.07, 6.45) is 0.520. The minimum Gasteiger partial charge on any atom is -0.481 e. The van der Waals surface area contributed by atoms with E-state index in [1.165, 1.54) is 17.9 Å². The highest BCUT2D eigenvalue weighted by Crippen LogP contribution is 2.29. The lowest BCUT2D eigenvalue weighted by Gasteiger charge is -2.30. The summed E-state index contributed by atoms with van der Waals surface area (Å²) in [5.74, 6) is -3.10. The largest absolute Gasteiger partial charge is 0.481 e. The maximum atomic E-state index is 13.8. The number of carbonyl (C=O) groups is 2. The predicted octanol–water partition coefficient (Wildman–Crippen LogP) is 2.19. The fourth-order valence-electron chi connectivity index (χ4n) is 2.16. The van der Waals surface area contributed by atoms with Crippen LogP contribution in [0.1, 0.15) is 18.1 Å². The van der Waals surface area contributed by atoms with Crippen molar-refractivity contribution in [3.63, 3.8) is 0 Å². The smallest absolute Gasteiger partial charge is 0.315 e. The van der Waals surface area contributed by atoms with Gasteiger partial charge in [-0.3, -0.25) is 9.59 Å². The van der Waals surface area contributed by atoms with Gasteiger partial charge in [-0.2, -0.15) is 0 Å². The van der Waals surface area contributed by atoms with E-state index in [-0.39, 0.29) is 12.4 Å². The number of benzene rings is 1. The summed E-state index contributed by atoms with van der Waals surface area (Å²) in [6.45, 7) is 1.88. The third-order valence-electron chi connectivity index (χ3n) is 3.35. The fraction of sp³-hybridized carbons (Fsp3) is 0.385. The SMILES string of the molecule is CC(C(=O)O)C(=O)N1CCc2c(Br)ccc(F)c2C1. The van der Waals surface area contributed by atoms with Crippen LogP contribution in [0.3, 0.4) is 0 Å². The molecule has 1 N–H and O–H groups in total. The first-order valence-electron chi connectivity index (χ1n) is 5.89. The van der Waals surface area contributed by atoms with E-state index in [4.69, 9.17) is 5.11 Å². The van der Waals surface area contributed by atoms with Crippen molar-refractivity contribution >= 4 is 27.8 Å². The van der Waals surface area contributed by atoms with Gasteiger partial charge < -0.3 is 10.0 Å². The first-order chi connectivity index (χ1) is 8.91. The summed E-state index contributed by atoms with van der Waals surface area (Å²) in [5.41, 5.74) is 1.32. The average molecular weight is 330 g/mol. The first kappa shape index (κ1) is 14.0. The molecule has 1 aromatic rings. The third kappa shape index (κ3) is 2.63. The summed E-state index contributed by atoms with van der Waals surface area (Å²) < 4.78 is 14.6. The van der Waals surface area contributed by atoms with Crippen molar-refractivity contribution in [3.05, 3.63) is 33.5 Å². The molecule has 0 radical (unpaired) electrons. The number of hydrogen-bond donors (Lipinski definition) is 1. The molecule has 0 saturated carbocycles. The van der Waals surface area contributed by atoms with Crippen LogP contribution in [0.15, 0.2) is 16.6 Å². The van der Waals surface area contributed by atoms with Crippen LogP contribution in [-0.4, -0.2) is 28.4 Å². The molecule has 19 heavy (non-hydrogen) atoms. The van der Waals surface area contributed by atoms with Gasteiger partial charge in [-0.25, -0.2) is 4.39 Å². The van der Waals surface area contributed by atoms with Gasteiger partial charge in [0, 0.05) is 23.1 Å². The lowest BCUT2D eigenvalue weighted by atomic mass is 9.98. The van der Waals surface area contributed by atoms with E-state index in [1.807, 2.05) is 0 Å². The maximum absolute atomic E-state index is 13.8. The van der Waals surface area contributed by atoms with Crippen LogP contribution < -0.4 is 0 Å². The number of carboxylic acids is 1. The topological polar surface area (TPSA) is 57.6 Å². The summed E-state index contributed by atoms with van der Waals surface area (Å²) in [4.78, 5) is 24.2. The van der Waals surface area contributed by atoms with E-state index < -0.39 is 17.8 Å². The molecule has 1 aliphatic rings. The fourth-order valence-corrected chi connectivity index (χ4v) is 2.73.